The Labute approximate surface area is 188 Å². The highest BCUT2D eigenvalue weighted by atomic mass is 35.5. The molecule has 0 saturated carbocycles. The third kappa shape index (κ3) is 5.04. The van der Waals surface area contributed by atoms with Crippen molar-refractivity contribution in [3.63, 3.8) is 0 Å². The molecule has 0 bridgehead atoms. The van der Waals surface area contributed by atoms with Crippen LogP contribution >= 0.6 is 22.9 Å². The van der Waals surface area contributed by atoms with E-state index in [4.69, 9.17) is 32.5 Å². The van der Waals surface area contributed by atoms with Crippen LogP contribution in [0.5, 0.6) is 11.5 Å². The second kappa shape index (κ2) is 9.20. The molecule has 2 aromatic carbocycles. The van der Waals surface area contributed by atoms with Gasteiger partial charge in [0.2, 0.25) is 5.95 Å². The predicted molar refractivity (Wildman–Crippen MR) is 124 cm³/mol. The molecule has 0 fully saturated rings. The van der Waals surface area contributed by atoms with Gasteiger partial charge in [-0.3, -0.25) is 0 Å². The van der Waals surface area contributed by atoms with E-state index in [1.807, 2.05) is 47.8 Å². The van der Waals surface area contributed by atoms with Crippen molar-refractivity contribution in [3.05, 3.63) is 75.9 Å². The number of nitrogen functional groups attached to an aromatic ring is 2. The number of hydrogen-bond donors (Lipinski definition) is 2. The fourth-order valence-corrected chi connectivity index (χ4v) is 3.92. The number of ether oxygens (including phenoxy) is 2. The van der Waals surface area contributed by atoms with Gasteiger partial charge in [-0.1, -0.05) is 29.8 Å². The molecule has 0 unspecified atom stereocenters. The van der Waals surface area contributed by atoms with E-state index >= 15 is 0 Å². The van der Waals surface area contributed by atoms with Crippen molar-refractivity contribution in [1.29, 1.82) is 0 Å². The standard InChI is InChI=1S/C22H20ClN5O2S/c1-29-19-9-13(8-15-10-26-22(25)28-20(15)24)2-7-18(19)30-11-17-12-31-21(27-17)14-3-5-16(23)6-4-14/h2-7,9-10,12H,8,11H2,1H3,(H4,24,25,26,28). The molecular formula is C22H20ClN5O2S. The minimum atomic E-state index is 0.156. The monoisotopic (exact) mass is 453 g/mol. The lowest BCUT2D eigenvalue weighted by atomic mass is 10.1. The summed E-state index contributed by atoms with van der Waals surface area (Å²) in [5, 5.41) is 3.60. The summed E-state index contributed by atoms with van der Waals surface area (Å²) in [5.74, 6) is 1.78. The SMILES string of the molecule is COc1cc(Cc2cnc(N)nc2N)ccc1OCc1csc(-c2ccc(Cl)cc2)n1. The van der Waals surface area contributed by atoms with E-state index in [-0.39, 0.29) is 5.95 Å². The summed E-state index contributed by atoms with van der Waals surface area (Å²) < 4.78 is 11.5. The van der Waals surface area contributed by atoms with Gasteiger partial charge in [-0.25, -0.2) is 9.97 Å². The highest BCUT2D eigenvalue weighted by Gasteiger charge is 2.11. The number of halogens is 1. The predicted octanol–water partition coefficient (Wildman–Crippen LogP) is 4.60. The summed E-state index contributed by atoms with van der Waals surface area (Å²) in [4.78, 5) is 12.6. The van der Waals surface area contributed by atoms with Crippen LogP contribution in [0.25, 0.3) is 10.6 Å². The van der Waals surface area contributed by atoms with E-state index < -0.39 is 0 Å². The van der Waals surface area contributed by atoms with Crippen molar-refractivity contribution in [2.75, 3.05) is 18.6 Å². The summed E-state index contributed by atoms with van der Waals surface area (Å²) in [6.07, 6.45) is 2.19. The van der Waals surface area contributed by atoms with Gasteiger partial charge < -0.3 is 20.9 Å². The molecule has 0 spiro atoms. The second-order valence-corrected chi connectivity index (χ2v) is 8.03. The Bertz CT molecular complexity index is 1200. The highest BCUT2D eigenvalue weighted by Crippen LogP contribution is 2.31. The molecule has 4 N–H and O–H groups in total. The number of benzene rings is 2. The molecule has 0 amide bonds. The van der Waals surface area contributed by atoms with Gasteiger partial charge in [-0.05, 0) is 29.8 Å². The smallest absolute Gasteiger partial charge is 0.221 e. The van der Waals surface area contributed by atoms with Gasteiger partial charge in [0.25, 0.3) is 0 Å². The van der Waals surface area contributed by atoms with Crippen LogP contribution in [0.2, 0.25) is 5.02 Å². The van der Waals surface area contributed by atoms with Crippen LogP contribution in [-0.2, 0) is 13.0 Å². The van der Waals surface area contributed by atoms with Crippen molar-refractivity contribution in [3.8, 4) is 22.1 Å². The van der Waals surface area contributed by atoms with Gasteiger partial charge in [0, 0.05) is 34.1 Å². The van der Waals surface area contributed by atoms with E-state index in [1.165, 1.54) is 0 Å². The molecule has 7 nitrogen and oxygen atoms in total. The van der Waals surface area contributed by atoms with Crippen LogP contribution in [0.3, 0.4) is 0 Å². The molecule has 2 aromatic heterocycles. The molecule has 0 aliphatic heterocycles. The number of aromatic nitrogens is 3. The van der Waals surface area contributed by atoms with Crippen molar-refractivity contribution < 1.29 is 9.47 Å². The summed E-state index contributed by atoms with van der Waals surface area (Å²) >= 11 is 7.52. The molecule has 4 rings (SSSR count). The molecule has 0 radical (unpaired) electrons. The van der Waals surface area contributed by atoms with Gasteiger partial charge >= 0.3 is 0 Å². The largest absolute Gasteiger partial charge is 0.493 e. The van der Waals surface area contributed by atoms with E-state index in [0.717, 1.165) is 27.4 Å². The fourth-order valence-electron chi connectivity index (χ4n) is 2.98. The van der Waals surface area contributed by atoms with Gasteiger partial charge in [0.1, 0.15) is 17.4 Å². The molecule has 0 atom stereocenters. The molecular weight excluding hydrogens is 434 g/mol. The quantitative estimate of drug-likeness (QED) is 0.421. The van der Waals surface area contributed by atoms with Crippen molar-refractivity contribution in [2.24, 2.45) is 0 Å². The van der Waals surface area contributed by atoms with Crippen LogP contribution in [0, 0.1) is 0 Å². The lowest BCUT2D eigenvalue weighted by Gasteiger charge is -2.12. The van der Waals surface area contributed by atoms with Crippen molar-refractivity contribution in [1.82, 2.24) is 15.0 Å². The number of nitrogens with two attached hydrogens (primary N) is 2. The first-order chi connectivity index (χ1) is 15.0. The summed E-state index contributed by atoms with van der Waals surface area (Å²) in [6, 6.07) is 13.3. The molecule has 0 aliphatic rings. The van der Waals surface area contributed by atoms with Gasteiger partial charge in [0.05, 0.1) is 12.8 Å². The van der Waals surface area contributed by atoms with Crippen molar-refractivity contribution in [2.45, 2.75) is 13.0 Å². The van der Waals surface area contributed by atoms with Crippen LogP contribution in [0.15, 0.2) is 54.0 Å². The average molecular weight is 454 g/mol. The molecule has 2 heterocycles. The Morgan fingerprint density at radius 2 is 1.84 bits per heavy atom. The first kappa shape index (κ1) is 20.9. The Morgan fingerprint density at radius 3 is 2.58 bits per heavy atom. The summed E-state index contributed by atoms with van der Waals surface area (Å²) in [6.45, 7) is 0.332. The molecule has 0 aliphatic carbocycles. The van der Waals surface area contributed by atoms with Gasteiger partial charge in [-0.15, -0.1) is 11.3 Å². The zero-order valence-electron chi connectivity index (χ0n) is 16.7. The van der Waals surface area contributed by atoms with Crippen LogP contribution < -0.4 is 20.9 Å². The number of methoxy groups -OCH3 is 1. The minimum Gasteiger partial charge on any atom is -0.493 e. The van der Waals surface area contributed by atoms with E-state index in [2.05, 4.69) is 15.0 Å². The lowest BCUT2D eigenvalue weighted by Crippen LogP contribution is -2.04. The Morgan fingerprint density at radius 1 is 1.03 bits per heavy atom. The normalized spacial score (nSPS) is 10.8. The van der Waals surface area contributed by atoms with Crippen LogP contribution in [0.4, 0.5) is 11.8 Å². The zero-order chi connectivity index (χ0) is 21.8. The van der Waals surface area contributed by atoms with Crippen LogP contribution in [0.1, 0.15) is 16.8 Å². The maximum absolute atomic E-state index is 5.96. The Balaban J connectivity index is 1.44. The second-order valence-electron chi connectivity index (χ2n) is 6.74. The maximum atomic E-state index is 5.96. The molecule has 9 heteroatoms. The van der Waals surface area contributed by atoms with E-state index in [0.29, 0.717) is 35.4 Å². The lowest BCUT2D eigenvalue weighted by molar-refractivity contribution is 0.281. The van der Waals surface area contributed by atoms with Gasteiger partial charge in [0.15, 0.2) is 11.5 Å². The number of anilines is 2. The zero-order valence-corrected chi connectivity index (χ0v) is 18.3. The van der Waals surface area contributed by atoms with Crippen molar-refractivity contribution >= 4 is 34.7 Å². The topological polar surface area (TPSA) is 109 Å². The third-order valence-corrected chi connectivity index (χ3v) is 5.75. The average Bonchev–Trinajstić information content (AvgIpc) is 3.24. The van der Waals surface area contributed by atoms with Crippen LogP contribution in [-0.4, -0.2) is 22.1 Å². The molecule has 4 aromatic rings. The molecule has 0 saturated heterocycles. The maximum Gasteiger partial charge on any atom is 0.221 e. The third-order valence-electron chi connectivity index (χ3n) is 4.56. The summed E-state index contributed by atoms with van der Waals surface area (Å²) in [5.41, 5.74) is 15.1. The number of rotatable bonds is 7. The van der Waals surface area contributed by atoms with E-state index in [9.17, 15) is 0 Å². The first-order valence-corrected chi connectivity index (χ1v) is 10.6. The molecule has 31 heavy (non-hydrogen) atoms. The van der Waals surface area contributed by atoms with Gasteiger partial charge in [-0.2, -0.15) is 4.98 Å². The number of nitrogens with zero attached hydrogens (tertiary/aromatic N) is 3. The number of thiazole rings is 1. The Kier molecular flexibility index (Phi) is 6.20. The minimum absolute atomic E-state index is 0.156. The first-order valence-electron chi connectivity index (χ1n) is 9.38. The number of hydrogen-bond acceptors (Lipinski definition) is 8. The summed E-state index contributed by atoms with van der Waals surface area (Å²) in [7, 11) is 1.61. The molecule has 158 valence electrons. The Hall–Kier alpha value is -3.36. The highest BCUT2D eigenvalue weighted by molar-refractivity contribution is 7.13. The fraction of sp³-hybridized carbons (Fsp3) is 0.136. The van der Waals surface area contributed by atoms with E-state index in [1.54, 1.807) is 24.6 Å².